The number of fused-ring (bicyclic) bond motifs is 1. The van der Waals surface area contributed by atoms with Crippen molar-refractivity contribution in [3.8, 4) is 11.6 Å². The van der Waals surface area contributed by atoms with Gasteiger partial charge in [-0.05, 0) is 36.3 Å². The quantitative estimate of drug-likeness (QED) is 0.386. The van der Waals surface area contributed by atoms with Gasteiger partial charge in [0, 0.05) is 5.92 Å². The van der Waals surface area contributed by atoms with Gasteiger partial charge in [-0.3, -0.25) is 9.36 Å². The van der Waals surface area contributed by atoms with Gasteiger partial charge in [0.05, 0.1) is 10.6 Å². The number of thiol groups is 1. The van der Waals surface area contributed by atoms with E-state index in [1.54, 1.807) is 0 Å². The van der Waals surface area contributed by atoms with Crippen LogP contribution in [0.2, 0.25) is 0 Å². The predicted octanol–water partition coefficient (Wildman–Crippen LogP) is 4.93. The second kappa shape index (κ2) is 6.44. The van der Waals surface area contributed by atoms with E-state index in [1.807, 2.05) is 66.1 Å². The summed E-state index contributed by atoms with van der Waals surface area (Å²) in [6, 6.07) is 17.8. The minimum atomic E-state index is -0.548. The third-order valence-electron chi connectivity index (χ3n) is 4.35. The van der Waals surface area contributed by atoms with Crippen LogP contribution in [0.1, 0.15) is 21.9 Å². The fourth-order valence-corrected chi connectivity index (χ4v) is 5.13. The van der Waals surface area contributed by atoms with Crippen LogP contribution in [0.4, 0.5) is 0 Å². The van der Waals surface area contributed by atoms with Crippen LogP contribution in [0.25, 0.3) is 5.69 Å². The van der Waals surface area contributed by atoms with Gasteiger partial charge in [0.2, 0.25) is 5.88 Å². The molecule has 1 aliphatic heterocycles. The highest BCUT2D eigenvalue weighted by atomic mass is 32.1. The van der Waals surface area contributed by atoms with Gasteiger partial charge in [0.15, 0.2) is 3.95 Å². The van der Waals surface area contributed by atoms with Crippen molar-refractivity contribution >= 4 is 42.2 Å². The molecular formula is C19H15NO2S3. The molecule has 0 spiro atoms. The van der Waals surface area contributed by atoms with E-state index in [4.69, 9.17) is 17.0 Å². The van der Waals surface area contributed by atoms with Gasteiger partial charge < -0.3 is 4.74 Å². The summed E-state index contributed by atoms with van der Waals surface area (Å²) in [4.78, 5) is 13.4. The number of para-hydroxylation sites is 1. The number of carbonyl (C=O) groups excluding carboxylic acids is 1. The summed E-state index contributed by atoms with van der Waals surface area (Å²) < 4.78 is 8.17. The van der Waals surface area contributed by atoms with Gasteiger partial charge >= 0.3 is 5.97 Å². The van der Waals surface area contributed by atoms with Crippen LogP contribution in [-0.2, 0) is 4.79 Å². The topological polar surface area (TPSA) is 31.2 Å². The molecule has 126 valence electrons. The van der Waals surface area contributed by atoms with E-state index in [1.165, 1.54) is 11.3 Å². The van der Waals surface area contributed by atoms with Crippen molar-refractivity contribution in [2.45, 2.75) is 18.1 Å². The SMILES string of the molecule is Cc1ccccc1-n1c2c(sc1=S)[C@H](c1ccccc1)[C@@H](S)C(=O)O2. The summed E-state index contributed by atoms with van der Waals surface area (Å²) in [5.41, 5.74) is 3.04. The lowest BCUT2D eigenvalue weighted by molar-refractivity contribution is -0.135. The molecule has 0 saturated carbocycles. The molecule has 25 heavy (non-hydrogen) atoms. The number of benzene rings is 2. The molecule has 0 bridgehead atoms. The predicted molar refractivity (Wildman–Crippen MR) is 106 cm³/mol. The number of nitrogens with zero attached hydrogens (tertiary/aromatic N) is 1. The smallest absolute Gasteiger partial charge is 0.326 e. The molecule has 0 N–H and O–H groups in total. The van der Waals surface area contributed by atoms with Crippen LogP contribution >= 0.6 is 36.2 Å². The van der Waals surface area contributed by atoms with Crippen molar-refractivity contribution in [2.75, 3.05) is 0 Å². The molecule has 1 aliphatic rings. The van der Waals surface area contributed by atoms with Crippen molar-refractivity contribution in [1.82, 2.24) is 4.57 Å². The molecule has 1 aromatic heterocycles. The first-order chi connectivity index (χ1) is 12.1. The Labute approximate surface area is 160 Å². The van der Waals surface area contributed by atoms with E-state index >= 15 is 0 Å². The molecule has 0 radical (unpaired) electrons. The molecule has 2 atom stereocenters. The lowest BCUT2D eigenvalue weighted by Crippen LogP contribution is -2.33. The molecule has 6 heteroatoms. The molecule has 2 heterocycles. The number of ether oxygens (including phenoxy) is 1. The van der Waals surface area contributed by atoms with Gasteiger partial charge in [-0.1, -0.05) is 48.5 Å². The third-order valence-corrected chi connectivity index (χ3v) is 6.29. The fraction of sp³-hybridized carbons (Fsp3) is 0.158. The second-order valence-corrected chi connectivity index (χ2v) is 8.15. The second-order valence-electron chi connectivity index (χ2n) is 5.91. The van der Waals surface area contributed by atoms with Gasteiger partial charge in [-0.15, -0.1) is 11.3 Å². The third kappa shape index (κ3) is 2.74. The van der Waals surface area contributed by atoms with Gasteiger partial charge in [0.1, 0.15) is 5.25 Å². The lowest BCUT2D eigenvalue weighted by atomic mass is 9.92. The highest BCUT2D eigenvalue weighted by molar-refractivity contribution is 7.81. The molecule has 0 fully saturated rings. The summed E-state index contributed by atoms with van der Waals surface area (Å²) >= 11 is 11.6. The zero-order chi connectivity index (χ0) is 17.6. The molecular weight excluding hydrogens is 370 g/mol. The Morgan fingerprint density at radius 2 is 1.80 bits per heavy atom. The first-order valence-corrected chi connectivity index (χ1v) is 9.58. The molecule has 3 nitrogen and oxygen atoms in total. The van der Waals surface area contributed by atoms with Crippen LogP contribution in [0.15, 0.2) is 54.6 Å². The Morgan fingerprint density at radius 1 is 1.12 bits per heavy atom. The standard InChI is InChI=1S/C19H15NO2S3/c1-11-7-5-6-10-13(11)20-17-16(25-19(20)24)14(15(23)18(21)22-17)12-8-3-2-4-9-12/h2-10,14-15,23H,1H3/t14-,15-/m1/s1. The minimum absolute atomic E-state index is 0.169. The first kappa shape index (κ1) is 16.6. The molecule has 2 aromatic carbocycles. The lowest BCUT2D eigenvalue weighted by Gasteiger charge is -2.27. The number of aryl methyl sites for hydroxylation is 1. The van der Waals surface area contributed by atoms with Crippen molar-refractivity contribution in [1.29, 1.82) is 0 Å². The Bertz CT molecular complexity index is 1010. The highest BCUT2D eigenvalue weighted by Crippen LogP contribution is 2.46. The van der Waals surface area contributed by atoms with Crippen molar-refractivity contribution in [3.63, 3.8) is 0 Å². The van der Waals surface area contributed by atoms with E-state index in [0.29, 0.717) is 9.83 Å². The Kier molecular flexibility index (Phi) is 4.27. The van der Waals surface area contributed by atoms with Crippen molar-refractivity contribution in [2.24, 2.45) is 0 Å². The Balaban J connectivity index is 1.96. The summed E-state index contributed by atoms with van der Waals surface area (Å²) in [7, 11) is 0. The number of carbonyl (C=O) groups is 1. The van der Waals surface area contributed by atoms with Crippen LogP contribution < -0.4 is 4.74 Å². The van der Waals surface area contributed by atoms with E-state index in [0.717, 1.165) is 21.7 Å². The average Bonchev–Trinajstić information content (AvgIpc) is 2.92. The molecule has 0 amide bonds. The number of hydrogen-bond acceptors (Lipinski definition) is 5. The monoisotopic (exact) mass is 385 g/mol. The van der Waals surface area contributed by atoms with Gasteiger partial charge in [0.25, 0.3) is 0 Å². The Morgan fingerprint density at radius 3 is 2.52 bits per heavy atom. The zero-order valence-corrected chi connectivity index (χ0v) is 15.9. The van der Waals surface area contributed by atoms with Crippen LogP contribution in [0.3, 0.4) is 0 Å². The number of esters is 1. The van der Waals surface area contributed by atoms with Gasteiger partial charge in [-0.25, -0.2) is 0 Å². The number of thiazole rings is 1. The number of rotatable bonds is 2. The maximum Gasteiger partial charge on any atom is 0.326 e. The largest absolute Gasteiger partial charge is 0.407 e. The molecule has 0 aliphatic carbocycles. The minimum Gasteiger partial charge on any atom is -0.407 e. The molecule has 4 rings (SSSR count). The Hall–Kier alpha value is -1.89. The number of aromatic nitrogens is 1. The maximum atomic E-state index is 12.5. The highest BCUT2D eigenvalue weighted by Gasteiger charge is 2.40. The van der Waals surface area contributed by atoms with Crippen LogP contribution in [0, 0.1) is 10.9 Å². The first-order valence-electron chi connectivity index (χ1n) is 7.84. The normalized spacial score (nSPS) is 19.4. The summed E-state index contributed by atoms with van der Waals surface area (Å²) in [6.07, 6.45) is 0. The van der Waals surface area contributed by atoms with Crippen molar-refractivity contribution < 1.29 is 9.53 Å². The van der Waals surface area contributed by atoms with E-state index in [9.17, 15) is 4.79 Å². The van der Waals surface area contributed by atoms with Crippen molar-refractivity contribution in [3.05, 3.63) is 74.6 Å². The maximum absolute atomic E-state index is 12.5. The van der Waals surface area contributed by atoms with E-state index in [2.05, 4.69) is 12.6 Å². The van der Waals surface area contributed by atoms with E-state index in [-0.39, 0.29) is 11.9 Å². The fourth-order valence-electron chi connectivity index (χ4n) is 3.12. The number of hydrogen-bond donors (Lipinski definition) is 1. The van der Waals surface area contributed by atoms with E-state index < -0.39 is 5.25 Å². The van der Waals surface area contributed by atoms with Crippen LogP contribution in [-0.4, -0.2) is 15.8 Å². The molecule has 0 unspecified atom stereocenters. The van der Waals surface area contributed by atoms with Gasteiger partial charge in [-0.2, -0.15) is 12.6 Å². The van der Waals surface area contributed by atoms with Crippen LogP contribution in [0.5, 0.6) is 5.88 Å². The summed E-state index contributed by atoms with van der Waals surface area (Å²) in [6.45, 7) is 2.02. The summed E-state index contributed by atoms with van der Waals surface area (Å²) in [5.74, 6) is 0.00558. The summed E-state index contributed by atoms with van der Waals surface area (Å²) in [5, 5.41) is -0.548. The molecule has 0 saturated heterocycles. The zero-order valence-electron chi connectivity index (χ0n) is 13.4. The molecule has 3 aromatic rings. The average molecular weight is 386 g/mol.